The van der Waals surface area contributed by atoms with Crippen molar-refractivity contribution in [3.05, 3.63) is 34.9 Å². The number of methoxy groups -OCH3 is 1. The Morgan fingerprint density at radius 3 is 2.81 bits per heavy atom. The standard InChI is InChI=1S/C13H14O3/c1-8-6-7-11(16-2)9-4-3-5-10(12(8)9)13(14)15/h5-7H,3-4H2,1-2H3,(H,14,15). The van der Waals surface area contributed by atoms with E-state index in [-0.39, 0.29) is 0 Å². The van der Waals surface area contributed by atoms with E-state index < -0.39 is 5.97 Å². The monoisotopic (exact) mass is 218 g/mol. The predicted molar refractivity (Wildman–Crippen MR) is 61.7 cm³/mol. The minimum absolute atomic E-state index is 0.401. The van der Waals surface area contributed by atoms with Crippen molar-refractivity contribution < 1.29 is 14.6 Å². The zero-order valence-electron chi connectivity index (χ0n) is 9.41. The van der Waals surface area contributed by atoms with E-state index in [2.05, 4.69) is 0 Å². The molecule has 0 amide bonds. The molecule has 0 fully saturated rings. The van der Waals surface area contributed by atoms with E-state index in [1.165, 1.54) is 0 Å². The van der Waals surface area contributed by atoms with Gasteiger partial charge in [-0.2, -0.15) is 0 Å². The molecule has 0 aromatic heterocycles. The zero-order valence-corrected chi connectivity index (χ0v) is 9.41. The number of ether oxygens (including phenoxy) is 1. The van der Waals surface area contributed by atoms with Crippen LogP contribution in [-0.4, -0.2) is 18.2 Å². The second kappa shape index (κ2) is 4.00. The largest absolute Gasteiger partial charge is 0.496 e. The summed E-state index contributed by atoms with van der Waals surface area (Å²) in [4.78, 5) is 11.2. The van der Waals surface area contributed by atoms with E-state index in [9.17, 15) is 4.79 Å². The van der Waals surface area contributed by atoms with Gasteiger partial charge < -0.3 is 9.84 Å². The summed E-state index contributed by atoms with van der Waals surface area (Å²) in [6, 6.07) is 3.80. The Bertz CT molecular complexity index is 472. The van der Waals surface area contributed by atoms with Crippen LogP contribution in [0.3, 0.4) is 0 Å². The molecule has 1 N–H and O–H groups in total. The number of hydrogen-bond acceptors (Lipinski definition) is 2. The third-order valence-electron chi connectivity index (χ3n) is 2.94. The summed E-state index contributed by atoms with van der Waals surface area (Å²) in [6.07, 6.45) is 3.39. The maximum Gasteiger partial charge on any atom is 0.335 e. The van der Waals surface area contributed by atoms with E-state index in [0.29, 0.717) is 5.57 Å². The van der Waals surface area contributed by atoms with Crippen LogP contribution in [0.4, 0.5) is 0 Å². The topological polar surface area (TPSA) is 46.5 Å². The average Bonchev–Trinajstić information content (AvgIpc) is 2.29. The fraction of sp³-hybridized carbons (Fsp3) is 0.308. The number of benzene rings is 1. The van der Waals surface area contributed by atoms with Gasteiger partial charge in [-0.05, 0) is 37.0 Å². The molecule has 1 aromatic carbocycles. The molecule has 0 heterocycles. The van der Waals surface area contributed by atoms with Crippen LogP contribution < -0.4 is 4.74 Å². The summed E-state index contributed by atoms with van der Waals surface area (Å²) in [5.74, 6) is -0.0789. The fourth-order valence-corrected chi connectivity index (χ4v) is 2.22. The summed E-state index contributed by atoms with van der Waals surface area (Å²) in [7, 11) is 1.61. The van der Waals surface area contributed by atoms with E-state index in [4.69, 9.17) is 9.84 Å². The third kappa shape index (κ3) is 1.58. The van der Waals surface area contributed by atoms with Crippen LogP contribution in [0, 0.1) is 6.92 Å². The Morgan fingerprint density at radius 2 is 2.19 bits per heavy atom. The molecule has 1 aliphatic carbocycles. The van der Waals surface area contributed by atoms with Crippen molar-refractivity contribution in [1.29, 1.82) is 0 Å². The molecule has 3 nitrogen and oxygen atoms in total. The third-order valence-corrected chi connectivity index (χ3v) is 2.94. The highest BCUT2D eigenvalue weighted by Gasteiger charge is 2.22. The highest BCUT2D eigenvalue weighted by Crippen LogP contribution is 2.35. The molecule has 84 valence electrons. The van der Waals surface area contributed by atoms with Crippen molar-refractivity contribution in [1.82, 2.24) is 0 Å². The van der Waals surface area contributed by atoms with E-state index in [1.54, 1.807) is 13.2 Å². The van der Waals surface area contributed by atoms with Crippen LogP contribution in [0.5, 0.6) is 5.75 Å². The first-order valence-corrected chi connectivity index (χ1v) is 5.25. The summed E-state index contributed by atoms with van der Waals surface area (Å²) in [5.41, 5.74) is 3.24. The number of hydrogen-bond donors (Lipinski definition) is 1. The molecule has 0 atom stereocenters. The number of fused-ring (bicyclic) bond motifs is 1. The summed E-state index contributed by atoms with van der Waals surface area (Å²) in [6.45, 7) is 1.93. The van der Waals surface area contributed by atoms with E-state index >= 15 is 0 Å². The van der Waals surface area contributed by atoms with Gasteiger partial charge in [0, 0.05) is 5.56 Å². The van der Waals surface area contributed by atoms with Gasteiger partial charge in [0.25, 0.3) is 0 Å². The first-order chi connectivity index (χ1) is 7.65. The molecule has 1 aliphatic rings. The zero-order chi connectivity index (χ0) is 11.7. The Kier molecular flexibility index (Phi) is 2.69. The van der Waals surface area contributed by atoms with Gasteiger partial charge in [0.15, 0.2) is 0 Å². The molecule has 0 unspecified atom stereocenters. The number of rotatable bonds is 2. The SMILES string of the molecule is COc1ccc(C)c2c1CCC=C2C(=O)O. The van der Waals surface area contributed by atoms with Crippen molar-refractivity contribution in [2.24, 2.45) is 0 Å². The van der Waals surface area contributed by atoms with Crippen molar-refractivity contribution in [2.75, 3.05) is 7.11 Å². The first-order valence-electron chi connectivity index (χ1n) is 5.25. The van der Waals surface area contributed by atoms with Crippen LogP contribution in [0.15, 0.2) is 18.2 Å². The molecule has 0 saturated carbocycles. The van der Waals surface area contributed by atoms with Crippen molar-refractivity contribution in [2.45, 2.75) is 19.8 Å². The Morgan fingerprint density at radius 1 is 1.44 bits per heavy atom. The molecule has 3 heteroatoms. The lowest BCUT2D eigenvalue weighted by Crippen LogP contribution is -2.10. The maximum atomic E-state index is 11.2. The van der Waals surface area contributed by atoms with Crippen LogP contribution in [0.1, 0.15) is 23.1 Å². The van der Waals surface area contributed by atoms with Gasteiger partial charge in [-0.1, -0.05) is 12.1 Å². The highest BCUT2D eigenvalue weighted by molar-refractivity contribution is 6.16. The van der Waals surface area contributed by atoms with E-state index in [1.807, 2.05) is 19.1 Å². The number of carboxylic acids is 1. The van der Waals surface area contributed by atoms with Gasteiger partial charge in [-0.25, -0.2) is 4.79 Å². The van der Waals surface area contributed by atoms with Crippen LogP contribution in [-0.2, 0) is 11.2 Å². The summed E-state index contributed by atoms with van der Waals surface area (Å²) in [5, 5.41) is 9.16. The quantitative estimate of drug-likeness (QED) is 0.829. The fourth-order valence-electron chi connectivity index (χ4n) is 2.22. The van der Waals surface area contributed by atoms with Gasteiger partial charge in [0.05, 0.1) is 12.7 Å². The van der Waals surface area contributed by atoms with Crippen LogP contribution in [0.2, 0.25) is 0 Å². The van der Waals surface area contributed by atoms with Crippen molar-refractivity contribution in [3.63, 3.8) is 0 Å². The highest BCUT2D eigenvalue weighted by atomic mass is 16.5. The van der Waals surface area contributed by atoms with Crippen molar-refractivity contribution in [3.8, 4) is 5.75 Å². The normalized spacial score (nSPS) is 14.0. The summed E-state index contributed by atoms with van der Waals surface area (Å²) >= 11 is 0. The molecule has 0 radical (unpaired) electrons. The predicted octanol–water partition coefficient (Wildman–Crippen LogP) is 2.42. The number of aryl methyl sites for hydroxylation is 1. The second-order valence-corrected chi connectivity index (χ2v) is 3.90. The molecular weight excluding hydrogens is 204 g/mol. The first kappa shape index (κ1) is 10.7. The molecule has 0 saturated heterocycles. The van der Waals surface area contributed by atoms with Gasteiger partial charge in [-0.3, -0.25) is 0 Å². The smallest absolute Gasteiger partial charge is 0.335 e. The molecule has 0 aliphatic heterocycles. The van der Waals surface area contributed by atoms with E-state index in [0.717, 1.165) is 35.3 Å². The molecule has 1 aromatic rings. The molecule has 16 heavy (non-hydrogen) atoms. The minimum atomic E-state index is -0.864. The molecule has 0 spiro atoms. The molecule has 2 rings (SSSR count). The lowest BCUT2D eigenvalue weighted by molar-refractivity contribution is -0.130. The van der Waals surface area contributed by atoms with Gasteiger partial charge in [-0.15, -0.1) is 0 Å². The number of carbonyl (C=O) groups is 1. The minimum Gasteiger partial charge on any atom is -0.496 e. The lowest BCUT2D eigenvalue weighted by atomic mass is 9.87. The summed E-state index contributed by atoms with van der Waals surface area (Å²) < 4.78 is 5.28. The van der Waals surface area contributed by atoms with Gasteiger partial charge in [0.2, 0.25) is 0 Å². The number of aliphatic carboxylic acids is 1. The number of allylic oxidation sites excluding steroid dienone is 1. The maximum absolute atomic E-state index is 11.2. The Balaban J connectivity index is 2.66. The average molecular weight is 218 g/mol. The molecule has 0 bridgehead atoms. The lowest BCUT2D eigenvalue weighted by Gasteiger charge is -2.20. The number of carboxylic acid groups (broad SMARTS) is 1. The van der Waals surface area contributed by atoms with Crippen LogP contribution >= 0.6 is 0 Å². The van der Waals surface area contributed by atoms with Crippen LogP contribution in [0.25, 0.3) is 5.57 Å². The van der Waals surface area contributed by atoms with Gasteiger partial charge >= 0.3 is 5.97 Å². The van der Waals surface area contributed by atoms with Gasteiger partial charge in [0.1, 0.15) is 5.75 Å². The van der Waals surface area contributed by atoms with Crippen molar-refractivity contribution >= 4 is 11.5 Å². The Labute approximate surface area is 94.4 Å². The Hall–Kier alpha value is -1.77. The second-order valence-electron chi connectivity index (χ2n) is 3.90. The molecular formula is C13H14O3.